The third kappa shape index (κ3) is 5.91. The van der Waals surface area contributed by atoms with Gasteiger partial charge in [-0.1, -0.05) is 12.1 Å². The number of halogens is 3. The van der Waals surface area contributed by atoms with Gasteiger partial charge < -0.3 is 24.3 Å². The number of amides is 1. The number of furan rings is 1. The molecule has 1 N–H and O–H groups in total. The van der Waals surface area contributed by atoms with Crippen LogP contribution in [0.25, 0.3) is 0 Å². The molecule has 10 heteroatoms. The summed E-state index contributed by atoms with van der Waals surface area (Å²) in [7, 11) is 1.68. The largest absolute Gasteiger partial charge is 0.484 e. The van der Waals surface area contributed by atoms with Crippen molar-refractivity contribution < 1.29 is 27.1 Å². The van der Waals surface area contributed by atoms with E-state index in [-0.39, 0.29) is 11.7 Å². The van der Waals surface area contributed by atoms with Gasteiger partial charge in [-0.05, 0) is 29.8 Å². The maximum absolute atomic E-state index is 12.3. The number of hydrogen-bond donors (Lipinski definition) is 1. The van der Waals surface area contributed by atoms with Crippen molar-refractivity contribution in [3.8, 4) is 5.75 Å². The van der Waals surface area contributed by atoms with Crippen LogP contribution in [-0.2, 0) is 6.54 Å². The number of rotatable bonds is 5. The summed E-state index contributed by atoms with van der Waals surface area (Å²) in [6.45, 7) is 1.48. The molecule has 162 valence electrons. The van der Waals surface area contributed by atoms with Crippen LogP contribution in [0.5, 0.6) is 5.75 Å². The Labute approximate surface area is 172 Å². The summed E-state index contributed by atoms with van der Waals surface area (Å²) >= 11 is 0. The second-order valence-electron chi connectivity index (χ2n) is 6.71. The molecule has 30 heavy (non-hydrogen) atoms. The number of hydrogen-bond acceptors (Lipinski definition) is 4. The number of carbonyl (C=O) groups is 1. The van der Waals surface area contributed by atoms with Crippen LogP contribution in [0.1, 0.15) is 16.1 Å². The van der Waals surface area contributed by atoms with Crippen molar-refractivity contribution in [1.29, 1.82) is 0 Å². The van der Waals surface area contributed by atoms with E-state index in [1.807, 2.05) is 4.90 Å². The smallest absolute Gasteiger partial charge is 0.422 e. The van der Waals surface area contributed by atoms with E-state index in [0.717, 1.165) is 5.56 Å². The molecule has 0 aliphatic carbocycles. The molecular weight excluding hydrogens is 401 g/mol. The minimum atomic E-state index is -4.36. The predicted molar refractivity (Wildman–Crippen MR) is 104 cm³/mol. The molecule has 0 radical (unpaired) electrons. The van der Waals surface area contributed by atoms with Gasteiger partial charge >= 0.3 is 6.18 Å². The lowest BCUT2D eigenvalue weighted by molar-refractivity contribution is -0.153. The Balaban J connectivity index is 1.46. The fraction of sp³-hybridized carbons (Fsp3) is 0.400. The van der Waals surface area contributed by atoms with Gasteiger partial charge in [0.2, 0.25) is 0 Å². The van der Waals surface area contributed by atoms with Gasteiger partial charge in [-0.15, -0.1) is 0 Å². The number of nitrogens with one attached hydrogen (secondary N) is 1. The van der Waals surface area contributed by atoms with Crippen molar-refractivity contribution in [1.82, 2.24) is 15.1 Å². The molecule has 0 bridgehead atoms. The lowest BCUT2D eigenvalue weighted by Gasteiger charge is -2.36. The number of alkyl halides is 3. The maximum atomic E-state index is 12.3. The summed E-state index contributed by atoms with van der Waals surface area (Å²) in [4.78, 5) is 20.4. The second kappa shape index (κ2) is 9.55. The zero-order chi connectivity index (χ0) is 21.6. The van der Waals surface area contributed by atoms with E-state index in [1.54, 1.807) is 36.2 Å². The number of ether oxygens (including phenoxy) is 1. The predicted octanol–water partition coefficient (Wildman–Crippen LogP) is 2.75. The van der Waals surface area contributed by atoms with Crippen LogP contribution in [0.2, 0.25) is 0 Å². The lowest BCUT2D eigenvalue weighted by atomic mass is 10.2. The van der Waals surface area contributed by atoms with E-state index in [4.69, 9.17) is 9.15 Å². The first-order valence-electron chi connectivity index (χ1n) is 9.42. The number of guanidine groups is 1. The molecule has 7 nitrogen and oxygen atoms in total. The van der Waals surface area contributed by atoms with E-state index >= 15 is 0 Å². The first-order valence-corrected chi connectivity index (χ1v) is 9.42. The van der Waals surface area contributed by atoms with Crippen LogP contribution in [-0.4, -0.2) is 67.7 Å². The summed E-state index contributed by atoms with van der Waals surface area (Å²) in [5.74, 6) is 1.05. The van der Waals surface area contributed by atoms with Crippen LogP contribution in [0.15, 0.2) is 52.1 Å². The zero-order valence-electron chi connectivity index (χ0n) is 16.5. The van der Waals surface area contributed by atoms with Crippen LogP contribution in [0, 0.1) is 0 Å². The van der Waals surface area contributed by atoms with Gasteiger partial charge in [0.25, 0.3) is 5.91 Å². The van der Waals surface area contributed by atoms with Crippen LogP contribution in [0.3, 0.4) is 0 Å². The highest BCUT2D eigenvalue weighted by Crippen LogP contribution is 2.19. The molecule has 1 amide bonds. The fourth-order valence-electron chi connectivity index (χ4n) is 3.06. The minimum absolute atomic E-state index is 0.129. The third-order valence-electron chi connectivity index (χ3n) is 4.59. The number of nitrogens with zero attached hydrogens (tertiary/aromatic N) is 3. The van der Waals surface area contributed by atoms with Gasteiger partial charge in [0, 0.05) is 39.8 Å². The average Bonchev–Trinajstić information content (AvgIpc) is 3.28. The van der Waals surface area contributed by atoms with Crippen molar-refractivity contribution in [2.75, 3.05) is 39.8 Å². The summed E-state index contributed by atoms with van der Waals surface area (Å²) in [5, 5.41) is 3.24. The first kappa shape index (κ1) is 21.5. The van der Waals surface area contributed by atoms with E-state index in [0.29, 0.717) is 44.4 Å². The standard InChI is InChI=1S/C20H23F3N4O3/c1-24-19(25-13-15-4-6-16(7-5-15)30-14-20(21,22)23)27-10-8-26(9-11-27)18(28)17-3-2-12-29-17/h2-7,12H,8-11,13-14H2,1H3,(H,24,25). The Morgan fingerprint density at radius 2 is 1.80 bits per heavy atom. The summed E-state index contributed by atoms with van der Waals surface area (Å²) in [6, 6.07) is 9.74. The molecular formula is C20H23F3N4O3. The molecule has 1 saturated heterocycles. The van der Waals surface area contributed by atoms with Crippen LogP contribution < -0.4 is 10.1 Å². The quantitative estimate of drug-likeness (QED) is 0.591. The van der Waals surface area contributed by atoms with Gasteiger partial charge in [0.15, 0.2) is 18.3 Å². The summed E-state index contributed by atoms with van der Waals surface area (Å²) < 4.78 is 46.5. The van der Waals surface area contributed by atoms with Crippen molar-refractivity contribution in [2.45, 2.75) is 12.7 Å². The molecule has 1 aromatic carbocycles. The second-order valence-corrected chi connectivity index (χ2v) is 6.71. The minimum Gasteiger partial charge on any atom is -0.484 e. The number of carbonyl (C=O) groups excluding carboxylic acids is 1. The van der Waals surface area contributed by atoms with Gasteiger partial charge in [-0.2, -0.15) is 13.2 Å². The Morgan fingerprint density at radius 1 is 1.13 bits per heavy atom. The molecule has 2 heterocycles. The van der Waals surface area contributed by atoms with Gasteiger partial charge in [0.05, 0.1) is 6.26 Å². The average molecular weight is 424 g/mol. The van der Waals surface area contributed by atoms with Crippen molar-refractivity contribution in [2.24, 2.45) is 4.99 Å². The molecule has 1 aliphatic rings. The van der Waals surface area contributed by atoms with Gasteiger partial charge in [0.1, 0.15) is 5.75 Å². The molecule has 3 rings (SSSR count). The highest BCUT2D eigenvalue weighted by molar-refractivity contribution is 5.91. The van der Waals surface area contributed by atoms with Crippen LogP contribution >= 0.6 is 0 Å². The summed E-state index contributed by atoms with van der Waals surface area (Å²) in [6.07, 6.45) is -2.89. The van der Waals surface area contributed by atoms with E-state index in [2.05, 4.69) is 10.3 Å². The van der Waals surface area contributed by atoms with Gasteiger partial charge in [-0.3, -0.25) is 9.79 Å². The van der Waals surface area contributed by atoms with Crippen molar-refractivity contribution in [3.63, 3.8) is 0 Å². The molecule has 0 atom stereocenters. The topological polar surface area (TPSA) is 70.3 Å². The lowest BCUT2D eigenvalue weighted by Crippen LogP contribution is -2.53. The number of benzene rings is 1. The van der Waals surface area contributed by atoms with Crippen LogP contribution in [0.4, 0.5) is 13.2 Å². The molecule has 0 unspecified atom stereocenters. The normalized spacial score (nSPS) is 15.3. The first-order chi connectivity index (χ1) is 14.4. The highest BCUT2D eigenvalue weighted by atomic mass is 19.4. The Hall–Kier alpha value is -3.17. The number of piperazine rings is 1. The SMILES string of the molecule is CN=C(NCc1ccc(OCC(F)(F)F)cc1)N1CCN(C(=O)c2ccco2)CC1. The Bertz CT molecular complexity index is 843. The number of aliphatic imine (C=N–C) groups is 1. The Morgan fingerprint density at radius 3 is 2.37 bits per heavy atom. The molecule has 0 saturated carbocycles. The highest BCUT2D eigenvalue weighted by Gasteiger charge is 2.28. The monoisotopic (exact) mass is 424 g/mol. The zero-order valence-corrected chi connectivity index (χ0v) is 16.5. The molecule has 1 aliphatic heterocycles. The molecule has 1 fully saturated rings. The maximum Gasteiger partial charge on any atom is 0.422 e. The summed E-state index contributed by atoms with van der Waals surface area (Å²) in [5.41, 5.74) is 0.877. The van der Waals surface area contributed by atoms with E-state index < -0.39 is 12.8 Å². The third-order valence-corrected chi connectivity index (χ3v) is 4.59. The van der Waals surface area contributed by atoms with E-state index in [9.17, 15) is 18.0 Å². The fourth-order valence-corrected chi connectivity index (χ4v) is 3.06. The van der Waals surface area contributed by atoms with Gasteiger partial charge in [-0.25, -0.2) is 0 Å². The van der Waals surface area contributed by atoms with E-state index in [1.165, 1.54) is 18.4 Å². The molecule has 1 aromatic heterocycles. The molecule has 0 spiro atoms. The van der Waals surface area contributed by atoms with Crippen molar-refractivity contribution in [3.05, 3.63) is 54.0 Å². The molecule has 2 aromatic rings. The van der Waals surface area contributed by atoms with Crippen molar-refractivity contribution >= 4 is 11.9 Å². The Kier molecular flexibility index (Phi) is 6.86.